The highest BCUT2D eigenvalue weighted by Gasteiger charge is 2.05. The Hall–Kier alpha value is -1.30. The van der Waals surface area contributed by atoms with Crippen LogP contribution in [0.5, 0.6) is 0 Å². The zero-order valence-electron chi connectivity index (χ0n) is 9.38. The molecule has 0 saturated carbocycles. The number of rotatable bonds is 4. The van der Waals surface area contributed by atoms with Gasteiger partial charge in [-0.25, -0.2) is 0 Å². The summed E-state index contributed by atoms with van der Waals surface area (Å²) in [6, 6.07) is 8.71. The average molecular weight is 202 g/mol. The van der Waals surface area contributed by atoms with Gasteiger partial charge in [0.2, 0.25) is 0 Å². The maximum Gasteiger partial charge on any atom is 0.0360 e. The fraction of sp³-hybridized carbons (Fsp3) is 0.385. The van der Waals surface area contributed by atoms with E-state index in [0.29, 0.717) is 0 Å². The predicted molar refractivity (Wildman–Crippen MR) is 64.1 cm³/mol. The van der Waals surface area contributed by atoms with E-state index in [0.717, 1.165) is 12.8 Å². The van der Waals surface area contributed by atoms with Crippen molar-refractivity contribution in [3.63, 3.8) is 0 Å². The van der Waals surface area contributed by atoms with E-state index >= 15 is 0 Å². The Morgan fingerprint density at radius 2 is 2.27 bits per heavy atom. The highest BCUT2D eigenvalue weighted by molar-refractivity contribution is 5.23. The summed E-state index contributed by atoms with van der Waals surface area (Å²) in [4.78, 5) is 0. The Kier molecular flexibility index (Phi) is 4.89. The Bertz CT molecular complexity index is 360. The van der Waals surface area contributed by atoms with Crippen molar-refractivity contribution < 1.29 is 0 Å². The SMILES string of the molecule is CC#CCC(Cc1cccc(C)c1)NN. The molecule has 1 aromatic rings. The summed E-state index contributed by atoms with van der Waals surface area (Å²) in [6.45, 7) is 3.94. The van der Waals surface area contributed by atoms with E-state index in [9.17, 15) is 0 Å². The van der Waals surface area contributed by atoms with Gasteiger partial charge in [-0.05, 0) is 25.8 Å². The largest absolute Gasteiger partial charge is 0.271 e. The Morgan fingerprint density at radius 3 is 2.87 bits per heavy atom. The molecule has 0 heterocycles. The maximum absolute atomic E-state index is 5.48. The number of hydrogen-bond acceptors (Lipinski definition) is 2. The van der Waals surface area contributed by atoms with Gasteiger partial charge < -0.3 is 0 Å². The molecular formula is C13H18N2. The van der Waals surface area contributed by atoms with Gasteiger partial charge in [-0.2, -0.15) is 0 Å². The lowest BCUT2D eigenvalue weighted by Crippen LogP contribution is -2.36. The third kappa shape index (κ3) is 4.16. The monoisotopic (exact) mass is 202 g/mol. The summed E-state index contributed by atoms with van der Waals surface area (Å²) in [5.74, 6) is 11.4. The number of hydrogen-bond donors (Lipinski definition) is 2. The van der Waals surface area contributed by atoms with Crippen LogP contribution in [0, 0.1) is 18.8 Å². The van der Waals surface area contributed by atoms with Crippen LogP contribution in [0.25, 0.3) is 0 Å². The minimum atomic E-state index is 0.235. The van der Waals surface area contributed by atoms with Crippen LogP contribution in [-0.4, -0.2) is 6.04 Å². The molecule has 0 spiro atoms. The van der Waals surface area contributed by atoms with Crippen molar-refractivity contribution in [1.82, 2.24) is 5.43 Å². The summed E-state index contributed by atoms with van der Waals surface area (Å²) >= 11 is 0. The van der Waals surface area contributed by atoms with Gasteiger partial charge in [0, 0.05) is 12.5 Å². The first kappa shape index (κ1) is 11.8. The molecule has 15 heavy (non-hydrogen) atoms. The molecule has 0 aliphatic carbocycles. The van der Waals surface area contributed by atoms with E-state index < -0.39 is 0 Å². The fourth-order valence-corrected chi connectivity index (χ4v) is 1.54. The Labute approximate surface area is 91.8 Å². The number of hydrazine groups is 1. The zero-order valence-corrected chi connectivity index (χ0v) is 9.38. The smallest absolute Gasteiger partial charge is 0.0360 e. The van der Waals surface area contributed by atoms with Crippen LogP contribution in [-0.2, 0) is 6.42 Å². The van der Waals surface area contributed by atoms with E-state index in [4.69, 9.17) is 5.84 Å². The lowest BCUT2D eigenvalue weighted by molar-refractivity contribution is 0.536. The zero-order chi connectivity index (χ0) is 11.1. The topological polar surface area (TPSA) is 38.0 Å². The van der Waals surface area contributed by atoms with Crippen molar-refractivity contribution in [3.05, 3.63) is 35.4 Å². The molecule has 0 aliphatic rings. The molecule has 0 bridgehead atoms. The predicted octanol–water partition coefficient (Wildman–Crippen LogP) is 1.78. The van der Waals surface area contributed by atoms with Gasteiger partial charge in [-0.15, -0.1) is 11.8 Å². The molecule has 0 amide bonds. The highest BCUT2D eigenvalue weighted by Crippen LogP contribution is 2.07. The van der Waals surface area contributed by atoms with E-state index in [-0.39, 0.29) is 6.04 Å². The molecule has 0 radical (unpaired) electrons. The molecule has 0 aromatic heterocycles. The Balaban J connectivity index is 2.60. The maximum atomic E-state index is 5.48. The van der Waals surface area contributed by atoms with E-state index in [2.05, 4.69) is 48.5 Å². The van der Waals surface area contributed by atoms with Gasteiger partial charge in [0.25, 0.3) is 0 Å². The van der Waals surface area contributed by atoms with Gasteiger partial charge in [-0.3, -0.25) is 11.3 Å². The summed E-state index contributed by atoms with van der Waals surface area (Å²) in [5.41, 5.74) is 5.39. The van der Waals surface area contributed by atoms with Crippen molar-refractivity contribution >= 4 is 0 Å². The van der Waals surface area contributed by atoms with Crippen molar-refractivity contribution in [1.29, 1.82) is 0 Å². The molecule has 0 aliphatic heterocycles. The second-order valence-electron chi connectivity index (χ2n) is 3.69. The first-order chi connectivity index (χ1) is 7.26. The molecule has 3 N–H and O–H groups in total. The summed E-state index contributed by atoms with van der Waals surface area (Å²) < 4.78 is 0. The van der Waals surface area contributed by atoms with Crippen molar-refractivity contribution in [3.8, 4) is 11.8 Å². The molecule has 80 valence electrons. The normalized spacial score (nSPS) is 11.7. The van der Waals surface area contributed by atoms with Crippen molar-refractivity contribution in [2.24, 2.45) is 5.84 Å². The van der Waals surface area contributed by atoms with Crippen molar-refractivity contribution in [2.45, 2.75) is 32.7 Å². The first-order valence-corrected chi connectivity index (χ1v) is 5.17. The molecule has 0 fully saturated rings. The molecule has 2 heteroatoms. The third-order valence-corrected chi connectivity index (χ3v) is 2.33. The fourth-order valence-electron chi connectivity index (χ4n) is 1.54. The van der Waals surface area contributed by atoms with E-state index in [1.165, 1.54) is 11.1 Å². The van der Waals surface area contributed by atoms with E-state index in [1.54, 1.807) is 0 Å². The van der Waals surface area contributed by atoms with Gasteiger partial charge in [0.15, 0.2) is 0 Å². The van der Waals surface area contributed by atoms with Crippen LogP contribution in [0.3, 0.4) is 0 Å². The first-order valence-electron chi connectivity index (χ1n) is 5.17. The standard InChI is InChI=1S/C13H18N2/c1-3-4-8-13(15-14)10-12-7-5-6-11(2)9-12/h5-7,9,13,15H,8,10,14H2,1-2H3. The van der Waals surface area contributed by atoms with Gasteiger partial charge >= 0.3 is 0 Å². The molecule has 0 saturated heterocycles. The second-order valence-corrected chi connectivity index (χ2v) is 3.69. The van der Waals surface area contributed by atoms with Gasteiger partial charge in [-0.1, -0.05) is 29.8 Å². The van der Waals surface area contributed by atoms with Crippen LogP contribution in [0.4, 0.5) is 0 Å². The molecule has 1 aromatic carbocycles. The number of benzene rings is 1. The van der Waals surface area contributed by atoms with Gasteiger partial charge in [0.05, 0.1) is 0 Å². The summed E-state index contributed by atoms with van der Waals surface area (Å²) in [5, 5.41) is 0. The van der Waals surface area contributed by atoms with Crippen LogP contribution in [0.15, 0.2) is 24.3 Å². The minimum absolute atomic E-state index is 0.235. The van der Waals surface area contributed by atoms with Crippen LogP contribution >= 0.6 is 0 Å². The average Bonchev–Trinajstić information content (AvgIpc) is 2.24. The van der Waals surface area contributed by atoms with Crippen molar-refractivity contribution in [2.75, 3.05) is 0 Å². The van der Waals surface area contributed by atoms with E-state index in [1.807, 2.05) is 6.92 Å². The highest BCUT2D eigenvalue weighted by atomic mass is 15.2. The third-order valence-electron chi connectivity index (χ3n) is 2.33. The van der Waals surface area contributed by atoms with Gasteiger partial charge in [0.1, 0.15) is 0 Å². The summed E-state index contributed by atoms with van der Waals surface area (Å²) in [7, 11) is 0. The minimum Gasteiger partial charge on any atom is -0.271 e. The lowest BCUT2D eigenvalue weighted by Gasteiger charge is -2.13. The Morgan fingerprint density at radius 1 is 1.47 bits per heavy atom. The number of aryl methyl sites for hydroxylation is 1. The number of nitrogens with two attached hydrogens (primary N) is 1. The molecular weight excluding hydrogens is 184 g/mol. The quantitative estimate of drug-likeness (QED) is 0.444. The molecule has 2 nitrogen and oxygen atoms in total. The molecule has 1 rings (SSSR count). The van der Waals surface area contributed by atoms with Crippen LogP contribution in [0.2, 0.25) is 0 Å². The summed E-state index contributed by atoms with van der Waals surface area (Å²) in [6.07, 6.45) is 1.72. The second kappa shape index (κ2) is 6.23. The van der Waals surface area contributed by atoms with Crippen LogP contribution in [0.1, 0.15) is 24.5 Å². The number of nitrogens with one attached hydrogen (secondary N) is 1. The lowest BCUT2D eigenvalue weighted by atomic mass is 10.0. The molecule has 1 unspecified atom stereocenters. The molecule has 1 atom stereocenters. The van der Waals surface area contributed by atoms with Crippen LogP contribution < -0.4 is 11.3 Å².